The van der Waals surface area contributed by atoms with Crippen LogP contribution < -0.4 is 10.0 Å². The molecule has 24 heavy (non-hydrogen) atoms. The number of carbonyl (C=O) groups excluding carboxylic acids is 1. The first-order valence-electron chi connectivity index (χ1n) is 7.28. The van der Waals surface area contributed by atoms with Gasteiger partial charge in [-0.25, -0.2) is 8.42 Å². The van der Waals surface area contributed by atoms with Crippen LogP contribution >= 0.6 is 11.6 Å². The van der Waals surface area contributed by atoms with Gasteiger partial charge in [0.1, 0.15) is 0 Å². The first-order chi connectivity index (χ1) is 11.1. The third kappa shape index (κ3) is 4.97. The van der Waals surface area contributed by atoms with Crippen LogP contribution in [0.4, 0.5) is 5.69 Å². The maximum Gasteiger partial charge on any atom is 0.261 e. The Kier molecular flexibility index (Phi) is 5.20. The van der Waals surface area contributed by atoms with Gasteiger partial charge in [0.2, 0.25) is 0 Å². The van der Waals surface area contributed by atoms with Crippen LogP contribution in [0.3, 0.4) is 0 Å². The third-order valence-electron chi connectivity index (χ3n) is 2.99. The normalized spacial score (nSPS) is 11.8. The molecular formula is C17H19ClN2O3S. The molecule has 0 saturated carbocycles. The highest BCUT2D eigenvalue weighted by Crippen LogP contribution is 2.19. The van der Waals surface area contributed by atoms with Crippen molar-refractivity contribution in [2.24, 2.45) is 0 Å². The molecule has 0 aliphatic heterocycles. The molecule has 1 amide bonds. The van der Waals surface area contributed by atoms with E-state index in [0.29, 0.717) is 16.3 Å². The van der Waals surface area contributed by atoms with E-state index in [4.69, 9.17) is 11.6 Å². The summed E-state index contributed by atoms with van der Waals surface area (Å²) in [5, 5.41) is 3.18. The fourth-order valence-electron chi connectivity index (χ4n) is 1.95. The lowest BCUT2D eigenvalue weighted by Crippen LogP contribution is -2.40. The maximum absolute atomic E-state index is 12.3. The van der Waals surface area contributed by atoms with E-state index >= 15 is 0 Å². The summed E-state index contributed by atoms with van der Waals surface area (Å²) in [7, 11) is -3.73. The molecule has 2 aromatic rings. The summed E-state index contributed by atoms with van der Waals surface area (Å²) in [6, 6.07) is 12.2. The predicted octanol–water partition coefficient (Wildman–Crippen LogP) is 3.67. The van der Waals surface area contributed by atoms with E-state index < -0.39 is 10.0 Å². The van der Waals surface area contributed by atoms with Crippen LogP contribution in [0, 0.1) is 0 Å². The fraction of sp³-hybridized carbons (Fsp3) is 0.235. The Morgan fingerprint density at radius 2 is 1.67 bits per heavy atom. The molecule has 128 valence electrons. The molecular weight excluding hydrogens is 348 g/mol. The lowest BCUT2D eigenvalue weighted by Gasteiger charge is -2.20. The molecule has 0 spiro atoms. The van der Waals surface area contributed by atoms with Crippen LogP contribution in [0.2, 0.25) is 5.02 Å². The lowest BCUT2D eigenvalue weighted by molar-refractivity contribution is 0.0919. The van der Waals surface area contributed by atoms with Gasteiger partial charge in [0.15, 0.2) is 0 Å². The molecule has 2 rings (SSSR count). The van der Waals surface area contributed by atoms with E-state index in [1.54, 1.807) is 36.4 Å². The second-order valence-electron chi connectivity index (χ2n) is 6.34. The van der Waals surface area contributed by atoms with Gasteiger partial charge in [-0.1, -0.05) is 17.7 Å². The molecule has 0 saturated heterocycles. The van der Waals surface area contributed by atoms with Crippen molar-refractivity contribution >= 4 is 33.2 Å². The van der Waals surface area contributed by atoms with Gasteiger partial charge in [0.25, 0.3) is 15.9 Å². The Hall–Kier alpha value is -2.05. The van der Waals surface area contributed by atoms with Gasteiger partial charge in [-0.05, 0) is 63.2 Å². The van der Waals surface area contributed by atoms with Gasteiger partial charge in [0.05, 0.1) is 4.90 Å². The number of halogens is 1. The van der Waals surface area contributed by atoms with Gasteiger partial charge >= 0.3 is 0 Å². The number of carbonyl (C=O) groups is 1. The van der Waals surface area contributed by atoms with Crippen molar-refractivity contribution in [1.29, 1.82) is 0 Å². The molecule has 7 heteroatoms. The van der Waals surface area contributed by atoms with Crippen molar-refractivity contribution in [3.8, 4) is 0 Å². The van der Waals surface area contributed by atoms with Crippen molar-refractivity contribution < 1.29 is 13.2 Å². The Bertz CT molecular complexity index is 841. The van der Waals surface area contributed by atoms with Crippen molar-refractivity contribution in [2.75, 3.05) is 4.72 Å². The predicted molar refractivity (Wildman–Crippen MR) is 95.9 cm³/mol. The third-order valence-corrected chi connectivity index (χ3v) is 4.61. The van der Waals surface area contributed by atoms with Crippen LogP contribution in [0.25, 0.3) is 0 Å². The minimum absolute atomic E-state index is 0.0737. The van der Waals surface area contributed by atoms with E-state index in [1.807, 2.05) is 20.8 Å². The quantitative estimate of drug-likeness (QED) is 0.866. The van der Waals surface area contributed by atoms with E-state index in [2.05, 4.69) is 10.0 Å². The highest BCUT2D eigenvalue weighted by Gasteiger charge is 2.17. The summed E-state index contributed by atoms with van der Waals surface area (Å²) >= 11 is 5.83. The van der Waals surface area contributed by atoms with Gasteiger partial charge in [-0.3, -0.25) is 9.52 Å². The molecule has 0 bridgehead atoms. The Labute approximate surface area is 147 Å². The van der Waals surface area contributed by atoms with Crippen LogP contribution in [0.1, 0.15) is 31.1 Å². The summed E-state index contributed by atoms with van der Waals surface area (Å²) in [4.78, 5) is 12.1. The molecule has 0 heterocycles. The molecule has 0 aliphatic carbocycles. The second-order valence-corrected chi connectivity index (χ2v) is 8.46. The summed E-state index contributed by atoms with van der Waals surface area (Å²) in [6.07, 6.45) is 0. The van der Waals surface area contributed by atoms with Crippen LogP contribution in [0.15, 0.2) is 53.4 Å². The second kappa shape index (κ2) is 6.83. The molecule has 2 N–H and O–H groups in total. The summed E-state index contributed by atoms with van der Waals surface area (Å²) < 4.78 is 27.1. The van der Waals surface area contributed by atoms with Crippen LogP contribution in [-0.4, -0.2) is 19.9 Å². The minimum atomic E-state index is -3.73. The van der Waals surface area contributed by atoms with E-state index in [0.717, 1.165) is 0 Å². The first kappa shape index (κ1) is 18.3. The van der Waals surface area contributed by atoms with Gasteiger partial charge in [-0.15, -0.1) is 0 Å². The highest BCUT2D eigenvalue weighted by atomic mass is 35.5. The number of nitrogens with one attached hydrogen (secondary N) is 2. The molecule has 0 radical (unpaired) electrons. The van der Waals surface area contributed by atoms with E-state index in [1.165, 1.54) is 12.1 Å². The molecule has 2 aromatic carbocycles. The van der Waals surface area contributed by atoms with Crippen molar-refractivity contribution in [3.63, 3.8) is 0 Å². The average Bonchev–Trinajstić information content (AvgIpc) is 2.46. The number of benzene rings is 2. The van der Waals surface area contributed by atoms with Crippen molar-refractivity contribution in [3.05, 3.63) is 59.1 Å². The number of hydrogen-bond acceptors (Lipinski definition) is 3. The molecule has 0 aromatic heterocycles. The Morgan fingerprint density at radius 3 is 2.21 bits per heavy atom. The highest BCUT2D eigenvalue weighted by molar-refractivity contribution is 7.92. The molecule has 0 aliphatic rings. The summed E-state index contributed by atoms with van der Waals surface area (Å²) in [5.41, 5.74) is 0.474. The van der Waals surface area contributed by atoms with Crippen molar-refractivity contribution in [1.82, 2.24) is 5.32 Å². The largest absolute Gasteiger partial charge is 0.347 e. The monoisotopic (exact) mass is 366 g/mol. The zero-order valence-electron chi connectivity index (χ0n) is 13.6. The Balaban J connectivity index is 2.15. The molecule has 5 nitrogen and oxygen atoms in total. The zero-order valence-corrected chi connectivity index (χ0v) is 15.2. The molecule has 0 fully saturated rings. The smallest absolute Gasteiger partial charge is 0.261 e. The average molecular weight is 367 g/mol. The minimum Gasteiger partial charge on any atom is -0.347 e. The maximum atomic E-state index is 12.3. The summed E-state index contributed by atoms with van der Waals surface area (Å²) in [5.74, 6) is -0.216. The fourth-order valence-corrected chi connectivity index (χ4v) is 3.31. The number of sulfonamides is 1. The SMILES string of the molecule is CC(C)(C)NC(=O)c1ccc(NS(=O)(=O)c2cccc(Cl)c2)cc1. The van der Waals surface area contributed by atoms with Gasteiger partial charge in [-0.2, -0.15) is 0 Å². The van der Waals surface area contributed by atoms with Crippen LogP contribution in [-0.2, 0) is 10.0 Å². The summed E-state index contributed by atoms with van der Waals surface area (Å²) in [6.45, 7) is 5.66. The van der Waals surface area contributed by atoms with E-state index in [-0.39, 0.29) is 16.3 Å². The van der Waals surface area contributed by atoms with Crippen molar-refractivity contribution in [2.45, 2.75) is 31.2 Å². The number of anilines is 1. The van der Waals surface area contributed by atoms with Gasteiger partial charge in [0, 0.05) is 21.8 Å². The zero-order chi connectivity index (χ0) is 18.0. The standard InChI is InChI=1S/C17H19ClN2O3S/c1-17(2,3)19-16(21)12-7-9-14(10-8-12)20-24(22,23)15-6-4-5-13(18)11-15/h4-11,20H,1-3H3,(H,19,21). The lowest BCUT2D eigenvalue weighted by atomic mass is 10.1. The number of amides is 1. The topological polar surface area (TPSA) is 75.3 Å². The molecule has 0 atom stereocenters. The Morgan fingerprint density at radius 1 is 1.04 bits per heavy atom. The molecule has 0 unspecified atom stereocenters. The van der Waals surface area contributed by atoms with Gasteiger partial charge < -0.3 is 5.32 Å². The van der Waals surface area contributed by atoms with E-state index in [9.17, 15) is 13.2 Å². The van der Waals surface area contributed by atoms with Crippen LogP contribution in [0.5, 0.6) is 0 Å². The number of rotatable bonds is 4. The first-order valence-corrected chi connectivity index (χ1v) is 9.14. The number of hydrogen-bond donors (Lipinski definition) is 2.